The Hall–Kier alpha value is -3.18. The van der Waals surface area contributed by atoms with Crippen molar-refractivity contribution in [1.29, 1.82) is 0 Å². The number of halogens is 1. The van der Waals surface area contributed by atoms with E-state index in [9.17, 15) is 23.3 Å². The Morgan fingerprint density at radius 1 is 1.33 bits per heavy atom. The van der Waals surface area contributed by atoms with Gasteiger partial charge < -0.3 is 4.74 Å². The van der Waals surface area contributed by atoms with Gasteiger partial charge in [0, 0.05) is 16.7 Å². The van der Waals surface area contributed by atoms with Crippen molar-refractivity contribution in [2.75, 3.05) is 24.2 Å². The van der Waals surface area contributed by atoms with E-state index in [4.69, 9.17) is 16.3 Å². The van der Waals surface area contributed by atoms with Crippen molar-refractivity contribution in [3.63, 3.8) is 0 Å². The van der Waals surface area contributed by atoms with Crippen molar-refractivity contribution >= 4 is 45.1 Å². The highest BCUT2D eigenvalue weighted by molar-refractivity contribution is 7.92. The standard InChI is InChI=1S/C18H19ClN4O6S/c1-12-4-6-14(19)9-15(12)22(30(3,27)28)11-18(24)21-20-10-13-5-7-17(29-2)16(8-13)23(25)26/h4-10H,11H2,1-3H3,(H,21,24)/b20-10-. The maximum Gasteiger partial charge on any atom is 0.311 e. The third kappa shape index (κ3) is 5.91. The molecule has 1 amide bonds. The first-order valence-corrected chi connectivity index (χ1v) is 10.6. The van der Waals surface area contributed by atoms with E-state index < -0.39 is 27.4 Å². The van der Waals surface area contributed by atoms with E-state index in [1.165, 1.54) is 37.6 Å². The minimum atomic E-state index is -3.78. The number of anilines is 1. The third-order valence-electron chi connectivity index (χ3n) is 3.93. The SMILES string of the molecule is COc1ccc(/C=N\NC(=O)CN(c2cc(Cl)ccc2C)S(C)(=O)=O)cc1[N+](=O)[O-]. The molecule has 0 aliphatic rings. The number of nitro benzene ring substituents is 1. The van der Waals surface area contributed by atoms with E-state index in [0.29, 0.717) is 16.1 Å². The zero-order valence-corrected chi connectivity index (χ0v) is 17.9. The number of sulfonamides is 1. The summed E-state index contributed by atoms with van der Waals surface area (Å²) in [5, 5.41) is 15.1. The van der Waals surface area contributed by atoms with E-state index >= 15 is 0 Å². The molecule has 0 atom stereocenters. The summed E-state index contributed by atoms with van der Waals surface area (Å²) in [4.78, 5) is 22.7. The van der Waals surface area contributed by atoms with Crippen molar-refractivity contribution < 1.29 is 22.9 Å². The summed E-state index contributed by atoms with van der Waals surface area (Å²) < 4.78 is 30.2. The number of hydrogen-bond acceptors (Lipinski definition) is 7. The Morgan fingerprint density at radius 2 is 2.03 bits per heavy atom. The summed E-state index contributed by atoms with van der Waals surface area (Å²) in [6.07, 6.45) is 2.17. The van der Waals surface area contributed by atoms with E-state index in [-0.39, 0.29) is 17.1 Å². The number of amides is 1. The van der Waals surface area contributed by atoms with Crippen LogP contribution in [0.25, 0.3) is 0 Å². The van der Waals surface area contributed by atoms with Gasteiger partial charge >= 0.3 is 5.69 Å². The van der Waals surface area contributed by atoms with Crippen LogP contribution in [0.4, 0.5) is 11.4 Å². The zero-order valence-electron chi connectivity index (χ0n) is 16.3. The van der Waals surface area contributed by atoms with Crippen LogP contribution in [0, 0.1) is 17.0 Å². The summed E-state index contributed by atoms with van der Waals surface area (Å²) in [5.74, 6) is -0.624. The van der Waals surface area contributed by atoms with Gasteiger partial charge in [0.05, 0.1) is 30.2 Å². The molecule has 0 radical (unpaired) electrons. The first kappa shape index (κ1) is 23.1. The molecule has 0 spiro atoms. The fraction of sp³-hybridized carbons (Fsp3) is 0.222. The van der Waals surface area contributed by atoms with Gasteiger partial charge in [0.15, 0.2) is 5.75 Å². The van der Waals surface area contributed by atoms with Crippen LogP contribution in [-0.4, -0.2) is 45.4 Å². The Balaban J connectivity index is 2.16. The smallest absolute Gasteiger partial charge is 0.311 e. The first-order valence-electron chi connectivity index (χ1n) is 8.41. The topological polar surface area (TPSA) is 131 Å². The molecule has 0 heterocycles. The molecule has 0 aromatic heterocycles. The van der Waals surface area contributed by atoms with Crippen molar-refractivity contribution in [1.82, 2.24) is 5.43 Å². The van der Waals surface area contributed by atoms with Crippen LogP contribution in [0.2, 0.25) is 5.02 Å². The number of nitrogens with one attached hydrogen (secondary N) is 1. The molecule has 0 aliphatic heterocycles. The minimum absolute atomic E-state index is 0.0851. The molecule has 0 saturated carbocycles. The molecule has 2 aromatic rings. The molecule has 10 nitrogen and oxygen atoms in total. The van der Waals surface area contributed by atoms with Gasteiger partial charge in [0.25, 0.3) is 5.91 Å². The molecule has 2 aromatic carbocycles. The van der Waals surface area contributed by atoms with Crippen LogP contribution in [0.1, 0.15) is 11.1 Å². The van der Waals surface area contributed by atoms with Crippen LogP contribution >= 0.6 is 11.6 Å². The van der Waals surface area contributed by atoms with Gasteiger partial charge in [0.2, 0.25) is 10.0 Å². The predicted octanol–water partition coefficient (Wildman–Crippen LogP) is 2.48. The third-order valence-corrected chi connectivity index (χ3v) is 5.29. The highest BCUT2D eigenvalue weighted by atomic mass is 35.5. The number of carbonyl (C=O) groups excluding carboxylic acids is 1. The first-order chi connectivity index (χ1) is 14.0. The highest BCUT2D eigenvalue weighted by Crippen LogP contribution is 2.27. The lowest BCUT2D eigenvalue weighted by molar-refractivity contribution is -0.385. The van der Waals surface area contributed by atoms with Crippen LogP contribution in [-0.2, 0) is 14.8 Å². The lowest BCUT2D eigenvalue weighted by atomic mass is 10.2. The summed E-state index contributed by atoms with van der Waals surface area (Å²) in [6, 6.07) is 8.84. The lowest BCUT2D eigenvalue weighted by Gasteiger charge is -2.23. The number of carbonyl (C=O) groups is 1. The maximum atomic E-state index is 12.2. The van der Waals surface area contributed by atoms with E-state index in [1.54, 1.807) is 19.1 Å². The second kappa shape index (κ2) is 9.55. The molecule has 0 fully saturated rings. The monoisotopic (exact) mass is 454 g/mol. The number of benzene rings is 2. The van der Waals surface area contributed by atoms with Crippen LogP contribution in [0.15, 0.2) is 41.5 Å². The van der Waals surface area contributed by atoms with Crippen LogP contribution in [0.5, 0.6) is 5.75 Å². The predicted molar refractivity (Wildman–Crippen MR) is 114 cm³/mol. The fourth-order valence-electron chi connectivity index (χ4n) is 2.51. The number of nitro groups is 1. The summed E-state index contributed by atoms with van der Waals surface area (Å²) in [5.41, 5.74) is 3.18. The molecule has 2 rings (SSSR count). The molecule has 30 heavy (non-hydrogen) atoms. The van der Waals surface area contributed by atoms with Crippen molar-refractivity contribution in [2.24, 2.45) is 5.10 Å². The zero-order chi connectivity index (χ0) is 22.5. The Morgan fingerprint density at radius 3 is 2.63 bits per heavy atom. The molecule has 12 heteroatoms. The summed E-state index contributed by atoms with van der Waals surface area (Å²) >= 11 is 5.95. The largest absolute Gasteiger partial charge is 0.490 e. The lowest BCUT2D eigenvalue weighted by Crippen LogP contribution is -2.39. The van der Waals surface area contributed by atoms with Crippen LogP contribution < -0.4 is 14.5 Å². The fourth-order valence-corrected chi connectivity index (χ4v) is 3.58. The normalized spacial score (nSPS) is 11.3. The number of rotatable bonds is 8. The Labute approximate surface area is 178 Å². The van der Waals surface area contributed by atoms with Crippen molar-refractivity contribution in [3.05, 3.63) is 62.7 Å². The molecule has 0 aliphatic carbocycles. The van der Waals surface area contributed by atoms with Gasteiger partial charge in [-0.3, -0.25) is 19.2 Å². The van der Waals surface area contributed by atoms with Gasteiger partial charge in [-0.05, 0) is 36.8 Å². The average molecular weight is 455 g/mol. The van der Waals surface area contributed by atoms with Gasteiger partial charge in [0.1, 0.15) is 6.54 Å². The number of nitrogens with zero attached hydrogens (tertiary/aromatic N) is 3. The molecule has 0 saturated heterocycles. The van der Waals surface area contributed by atoms with Gasteiger partial charge in [-0.1, -0.05) is 17.7 Å². The van der Waals surface area contributed by atoms with Gasteiger partial charge in [-0.15, -0.1) is 0 Å². The van der Waals surface area contributed by atoms with E-state index in [2.05, 4.69) is 10.5 Å². The van der Waals surface area contributed by atoms with Crippen molar-refractivity contribution in [2.45, 2.75) is 6.92 Å². The quantitative estimate of drug-likeness (QED) is 0.370. The molecule has 160 valence electrons. The number of hydrogen-bond donors (Lipinski definition) is 1. The molecule has 1 N–H and O–H groups in total. The second-order valence-corrected chi connectivity index (χ2v) is 8.53. The van der Waals surface area contributed by atoms with Gasteiger partial charge in [-0.2, -0.15) is 5.10 Å². The second-order valence-electron chi connectivity index (χ2n) is 6.18. The van der Waals surface area contributed by atoms with Crippen LogP contribution in [0.3, 0.4) is 0 Å². The number of hydrazone groups is 1. The minimum Gasteiger partial charge on any atom is -0.490 e. The molecule has 0 bridgehead atoms. The maximum absolute atomic E-state index is 12.2. The van der Waals surface area contributed by atoms with E-state index in [0.717, 1.165) is 10.6 Å². The molecular weight excluding hydrogens is 436 g/mol. The summed E-state index contributed by atoms with van der Waals surface area (Å²) in [7, 11) is -2.47. The van der Waals surface area contributed by atoms with Gasteiger partial charge in [-0.25, -0.2) is 13.8 Å². The highest BCUT2D eigenvalue weighted by Gasteiger charge is 2.22. The summed E-state index contributed by atoms with van der Waals surface area (Å²) in [6.45, 7) is 1.16. The molecule has 0 unspecified atom stereocenters. The number of ether oxygens (including phenoxy) is 1. The van der Waals surface area contributed by atoms with Crippen molar-refractivity contribution in [3.8, 4) is 5.75 Å². The molecular formula is C18H19ClN4O6S. The number of aryl methyl sites for hydroxylation is 1. The number of methoxy groups -OCH3 is 1. The average Bonchev–Trinajstić information content (AvgIpc) is 2.67. The van der Waals surface area contributed by atoms with E-state index in [1.807, 2.05) is 0 Å². The Bertz CT molecular complexity index is 1100. The Kier molecular flexibility index (Phi) is 7.35.